The Bertz CT molecular complexity index is 1000. The summed E-state index contributed by atoms with van der Waals surface area (Å²) in [5.41, 5.74) is 0.664. The molecule has 1 fully saturated rings. The van der Waals surface area contributed by atoms with Crippen molar-refractivity contribution in [1.29, 1.82) is 0 Å². The molecule has 2 aromatic carbocycles. The highest BCUT2D eigenvalue weighted by Crippen LogP contribution is 2.28. The summed E-state index contributed by atoms with van der Waals surface area (Å²) in [6, 6.07) is 10.4. The number of nitrogens with one attached hydrogen (secondary N) is 1. The summed E-state index contributed by atoms with van der Waals surface area (Å²) in [6.07, 6.45) is 4.90. The van der Waals surface area contributed by atoms with Gasteiger partial charge in [-0.3, -0.25) is 19.7 Å². The van der Waals surface area contributed by atoms with E-state index in [4.69, 9.17) is 23.2 Å². The van der Waals surface area contributed by atoms with E-state index in [9.17, 15) is 19.7 Å². The summed E-state index contributed by atoms with van der Waals surface area (Å²) in [4.78, 5) is 38.7. The molecule has 2 amide bonds. The molecule has 1 aliphatic carbocycles. The van der Waals surface area contributed by atoms with Crippen LogP contribution >= 0.6 is 23.2 Å². The fourth-order valence-electron chi connectivity index (χ4n) is 4.11. The zero-order valence-corrected chi connectivity index (χ0v) is 19.9. The fourth-order valence-corrected chi connectivity index (χ4v) is 4.62. The normalized spacial score (nSPS) is 15.0. The van der Waals surface area contributed by atoms with Crippen molar-refractivity contribution in [3.63, 3.8) is 0 Å². The monoisotopic (exact) mass is 491 g/mol. The predicted molar refractivity (Wildman–Crippen MR) is 128 cm³/mol. The maximum atomic E-state index is 13.4. The van der Waals surface area contributed by atoms with Crippen molar-refractivity contribution in [2.75, 3.05) is 0 Å². The van der Waals surface area contributed by atoms with Crippen LogP contribution in [0, 0.1) is 10.1 Å². The van der Waals surface area contributed by atoms with Gasteiger partial charge in [-0.25, -0.2) is 0 Å². The number of nitro groups is 1. The number of para-hydroxylation sites is 1. The van der Waals surface area contributed by atoms with Crippen LogP contribution in [0.15, 0.2) is 42.5 Å². The van der Waals surface area contributed by atoms with Crippen molar-refractivity contribution in [2.45, 2.75) is 64.1 Å². The van der Waals surface area contributed by atoms with Crippen LogP contribution in [0.4, 0.5) is 5.69 Å². The van der Waals surface area contributed by atoms with E-state index in [1.165, 1.54) is 11.0 Å². The summed E-state index contributed by atoms with van der Waals surface area (Å²) >= 11 is 12.7. The maximum absolute atomic E-state index is 13.4. The number of nitrogens with zero attached hydrogens (tertiary/aromatic N) is 2. The Balaban J connectivity index is 1.86. The topological polar surface area (TPSA) is 92.6 Å². The van der Waals surface area contributed by atoms with Crippen molar-refractivity contribution in [3.8, 4) is 0 Å². The van der Waals surface area contributed by atoms with Gasteiger partial charge >= 0.3 is 0 Å². The van der Waals surface area contributed by atoms with Crippen molar-refractivity contribution >= 4 is 40.7 Å². The molecule has 1 N–H and O–H groups in total. The molecule has 9 heteroatoms. The second-order valence-electron chi connectivity index (χ2n) is 8.30. The van der Waals surface area contributed by atoms with Gasteiger partial charge in [0.25, 0.3) is 5.69 Å². The SMILES string of the molecule is C[C@H](C(=O)NC1CCCCC1)N(Cc1c(Cl)cccc1Cl)C(=O)Cc1ccccc1[N+](=O)[O-]. The van der Waals surface area contributed by atoms with Gasteiger partial charge in [-0.15, -0.1) is 0 Å². The quantitative estimate of drug-likeness (QED) is 0.399. The van der Waals surface area contributed by atoms with Crippen LogP contribution in [-0.4, -0.2) is 33.7 Å². The van der Waals surface area contributed by atoms with Crippen LogP contribution in [0.1, 0.15) is 50.2 Å². The Morgan fingerprint density at radius 2 is 1.73 bits per heavy atom. The minimum absolute atomic E-state index is 0.0111. The molecule has 0 radical (unpaired) electrons. The van der Waals surface area contributed by atoms with Gasteiger partial charge < -0.3 is 10.2 Å². The van der Waals surface area contributed by atoms with E-state index < -0.39 is 16.9 Å². The molecule has 176 valence electrons. The Morgan fingerprint density at radius 1 is 1.09 bits per heavy atom. The summed E-state index contributed by atoms with van der Waals surface area (Å²) in [5, 5.41) is 15.2. The van der Waals surface area contributed by atoms with Gasteiger partial charge in [0.2, 0.25) is 11.8 Å². The summed E-state index contributed by atoms with van der Waals surface area (Å²) in [6.45, 7) is 1.66. The molecule has 0 unspecified atom stereocenters. The molecule has 33 heavy (non-hydrogen) atoms. The molecule has 0 saturated heterocycles. The number of halogens is 2. The second-order valence-corrected chi connectivity index (χ2v) is 9.12. The third-order valence-electron chi connectivity index (χ3n) is 6.04. The minimum Gasteiger partial charge on any atom is -0.352 e. The fraction of sp³-hybridized carbons (Fsp3) is 0.417. The Hall–Kier alpha value is -2.64. The first-order chi connectivity index (χ1) is 15.8. The van der Waals surface area contributed by atoms with Crippen LogP contribution in [-0.2, 0) is 22.6 Å². The van der Waals surface area contributed by atoms with Crippen molar-refractivity contribution in [3.05, 3.63) is 73.8 Å². The molecule has 1 atom stereocenters. The molecular formula is C24H27Cl2N3O4. The summed E-state index contributed by atoms with van der Waals surface area (Å²) in [5.74, 6) is -0.687. The molecule has 1 saturated carbocycles. The first-order valence-corrected chi connectivity index (χ1v) is 11.8. The molecule has 0 aliphatic heterocycles. The number of carbonyl (C=O) groups is 2. The van der Waals surface area contributed by atoms with Gasteiger partial charge in [-0.1, -0.05) is 66.7 Å². The standard InChI is InChI=1S/C24H27Cl2N3O4/c1-16(24(31)27-18-9-3-2-4-10-18)28(15-19-20(25)11-7-12-21(19)26)23(30)14-17-8-5-6-13-22(17)29(32)33/h5-8,11-13,16,18H,2-4,9-10,14-15H2,1H3,(H,27,31)/t16-/m1/s1. The molecule has 3 rings (SSSR count). The van der Waals surface area contributed by atoms with E-state index in [0.29, 0.717) is 15.6 Å². The van der Waals surface area contributed by atoms with Crippen LogP contribution in [0.3, 0.4) is 0 Å². The Morgan fingerprint density at radius 3 is 2.36 bits per heavy atom. The number of rotatable bonds is 8. The van der Waals surface area contributed by atoms with Crippen LogP contribution < -0.4 is 5.32 Å². The van der Waals surface area contributed by atoms with Crippen molar-refractivity contribution in [2.24, 2.45) is 0 Å². The first-order valence-electron chi connectivity index (χ1n) is 11.0. The molecular weight excluding hydrogens is 465 g/mol. The number of carbonyl (C=O) groups excluding carboxylic acids is 2. The van der Waals surface area contributed by atoms with Gasteiger partial charge in [-0.2, -0.15) is 0 Å². The van der Waals surface area contributed by atoms with E-state index in [0.717, 1.165) is 32.1 Å². The van der Waals surface area contributed by atoms with Crippen LogP contribution in [0.5, 0.6) is 0 Å². The van der Waals surface area contributed by atoms with Gasteiger partial charge in [0.05, 0.1) is 11.3 Å². The van der Waals surface area contributed by atoms with E-state index in [-0.39, 0.29) is 36.2 Å². The van der Waals surface area contributed by atoms with Gasteiger partial charge in [0.15, 0.2) is 0 Å². The lowest BCUT2D eigenvalue weighted by Gasteiger charge is -2.31. The van der Waals surface area contributed by atoms with Crippen molar-refractivity contribution < 1.29 is 14.5 Å². The molecule has 7 nitrogen and oxygen atoms in total. The minimum atomic E-state index is -0.811. The molecule has 1 aliphatic rings. The van der Waals surface area contributed by atoms with Crippen molar-refractivity contribution in [1.82, 2.24) is 10.2 Å². The van der Waals surface area contributed by atoms with Gasteiger partial charge in [0, 0.05) is 39.8 Å². The number of hydrogen-bond donors (Lipinski definition) is 1. The lowest BCUT2D eigenvalue weighted by atomic mass is 9.95. The van der Waals surface area contributed by atoms with E-state index in [2.05, 4.69) is 5.32 Å². The van der Waals surface area contributed by atoms with E-state index in [1.807, 2.05) is 0 Å². The third-order valence-corrected chi connectivity index (χ3v) is 6.75. The zero-order chi connectivity index (χ0) is 24.0. The Labute approximate surface area is 203 Å². The van der Waals surface area contributed by atoms with Crippen LogP contribution in [0.25, 0.3) is 0 Å². The predicted octanol–water partition coefficient (Wildman–Crippen LogP) is 5.31. The van der Waals surface area contributed by atoms with Gasteiger partial charge in [0.1, 0.15) is 6.04 Å². The van der Waals surface area contributed by atoms with Gasteiger partial charge in [-0.05, 0) is 31.9 Å². The Kier molecular flexibility index (Phi) is 8.69. The lowest BCUT2D eigenvalue weighted by molar-refractivity contribution is -0.385. The first kappa shape index (κ1) is 25.0. The summed E-state index contributed by atoms with van der Waals surface area (Å²) < 4.78 is 0. The number of hydrogen-bond acceptors (Lipinski definition) is 4. The van der Waals surface area contributed by atoms with E-state index >= 15 is 0 Å². The number of benzene rings is 2. The maximum Gasteiger partial charge on any atom is 0.273 e. The highest BCUT2D eigenvalue weighted by atomic mass is 35.5. The number of amides is 2. The summed E-state index contributed by atoms with van der Waals surface area (Å²) in [7, 11) is 0. The highest BCUT2D eigenvalue weighted by molar-refractivity contribution is 6.36. The largest absolute Gasteiger partial charge is 0.352 e. The molecule has 0 spiro atoms. The molecule has 0 heterocycles. The highest BCUT2D eigenvalue weighted by Gasteiger charge is 2.30. The van der Waals surface area contributed by atoms with E-state index in [1.54, 1.807) is 43.3 Å². The second kappa shape index (κ2) is 11.5. The molecule has 0 aromatic heterocycles. The smallest absolute Gasteiger partial charge is 0.273 e. The third kappa shape index (κ3) is 6.45. The lowest BCUT2D eigenvalue weighted by Crippen LogP contribution is -2.50. The average molecular weight is 492 g/mol. The zero-order valence-electron chi connectivity index (χ0n) is 18.4. The van der Waals surface area contributed by atoms with Crippen LogP contribution in [0.2, 0.25) is 10.0 Å². The average Bonchev–Trinajstić information content (AvgIpc) is 2.79. The molecule has 2 aromatic rings. The number of nitro benzene ring substituents is 1. The molecule has 0 bridgehead atoms.